The lowest BCUT2D eigenvalue weighted by atomic mass is 9.94. The molecule has 8 heteroatoms. The molecule has 0 unspecified atom stereocenters. The van der Waals surface area contributed by atoms with E-state index in [1.54, 1.807) is 20.8 Å². The maximum absolute atomic E-state index is 12.0. The van der Waals surface area contributed by atoms with E-state index < -0.39 is 47.4 Å². The lowest BCUT2D eigenvalue weighted by molar-refractivity contribution is -0.147. The Balaban J connectivity index is 2.98. The molecule has 0 spiro atoms. The zero-order valence-electron chi connectivity index (χ0n) is 14.1. The van der Waals surface area contributed by atoms with Crippen molar-refractivity contribution < 1.29 is 33.7 Å². The number of carbonyl (C=O) groups excluding carboxylic acids is 3. The number of hydrogen-bond acceptors (Lipinski definition) is 7. The number of hydrogen-bond donors (Lipinski definition) is 2. The summed E-state index contributed by atoms with van der Waals surface area (Å²) >= 11 is 0. The molecule has 23 heavy (non-hydrogen) atoms. The molecule has 0 radical (unpaired) electrons. The van der Waals surface area contributed by atoms with Crippen LogP contribution < -0.4 is 5.32 Å². The summed E-state index contributed by atoms with van der Waals surface area (Å²) in [6.07, 6.45) is -0.592. The van der Waals surface area contributed by atoms with Gasteiger partial charge >= 0.3 is 18.0 Å². The first-order valence-corrected chi connectivity index (χ1v) is 7.40. The van der Waals surface area contributed by atoms with Crippen molar-refractivity contribution in [2.75, 3.05) is 20.8 Å². The lowest BCUT2D eigenvalue weighted by Gasteiger charge is -2.27. The molecular formula is C15H25NO7. The third-order valence-corrected chi connectivity index (χ3v) is 3.82. The van der Waals surface area contributed by atoms with Gasteiger partial charge in [0.1, 0.15) is 5.60 Å². The van der Waals surface area contributed by atoms with Crippen LogP contribution in [-0.4, -0.2) is 55.6 Å². The van der Waals surface area contributed by atoms with E-state index >= 15 is 0 Å². The van der Waals surface area contributed by atoms with Crippen LogP contribution in [0.15, 0.2) is 0 Å². The minimum Gasteiger partial charge on any atom is -0.469 e. The Morgan fingerprint density at radius 2 is 1.61 bits per heavy atom. The van der Waals surface area contributed by atoms with Crippen molar-refractivity contribution in [1.29, 1.82) is 0 Å². The monoisotopic (exact) mass is 331 g/mol. The van der Waals surface area contributed by atoms with Gasteiger partial charge in [-0.25, -0.2) is 4.79 Å². The summed E-state index contributed by atoms with van der Waals surface area (Å²) in [5.74, 6) is -3.20. The second-order valence-corrected chi connectivity index (χ2v) is 6.51. The van der Waals surface area contributed by atoms with Gasteiger partial charge in [0, 0.05) is 12.5 Å². The van der Waals surface area contributed by atoms with Crippen LogP contribution in [0.25, 0.3) is 0 Å². The van der Waals surface area contributed by atoms with Crippen molar-refractivity contribution in [1.82, 2.24) is 5.32 Å². The van der Waals surface area contributed by atoms with Crippen molar-refractivity contribution >= 4 is 18.0 Å². The van der Waals surface area contributed by atoms with Crippen LogP contribution in [0, 0.1) is 17.8 Å². The second kappa shape index (κ2) is 7.63. The van der Waals surface area contributed by atoms with Crippen LogP contribution in [0.4, 0.5) is 4.79 Å². The average molecular weight is 331 g/mol. The summed E-state index contributed by atoms with van der Waals surface area (Å²) < 4.78 is 14.6. The molecule has 1 aliphatic carbocycles. The van der Waals surface area contributed by atoms with E-state index in [-0.39, 0.29) is 13.0 Å². The van der Waals surface area contributed by atoms with Gasteiger partial charge in [-0.15, -0.1) is 0 Å². The number of nitrogens with one attached hydrogen (secondary N) is 1. The topological polar surface area (TPSA) is 111 Å². The van der Waals surface area contributed by atoms with Crippen LogP contribution in [0.2, 0.25) is 0 Å². The first-order chi connectivity index (χ1) is 10.6. The fourth-order valence-electron chi connectivity index (χ4n) is 2.85. The van der Waals surface area contributed by atoms with Gasteiger partial charge < -0.3 is 24.6 Å². The molecule has 0 aromatic rings. The van der Waals surface area contributed by atoms with Crippen molar-refractivity contribution in [3.63, 3.8) is 0 Å². The molecule has 2 N–H and O–H groups in total. The lowest BCUT2D eigenvalue weighted by Crippen LogP contribution is -2.47. The number of methoxy groups -OCH3 is 2. The summed E-state index contributed by atoms with van der Waals surface area (Å²) in [5.41, 5.74) is -0.708. The highest BCUT2D eigenvalue weighted by molar-refractivity contribution is 5.80. The van der Waals surface area contributed by atoms with E-state index in [2.05, 4.69) is 5.32 Å². The Bertz CT molecular complexity index is 457. The first kappa shape index (κ1) is 19.2. The number of aliphatic hydroxyl groups excluding tert-OH is 1. The Labute approximate surface area is 135 Å². The molecule has 1 amide bonds. The second-order valence-electron chi connectivity index (χ2n) is 6.51. The highest BCUT2D eigenvalue weighted by Gasteiger charge is 2.51. The number of esters is 2. The van der Waals surface area contributed by atoms with Gasteiger partial charge in [-0.2, -0.15) is 0 Å². The summed E-state index contributed by atoms with van der Waals surface area (Å²) in [7, 11) is 2.46. The van der Waals surface area contributed by atoms with E-state index in [4.69, 9.17) is 14.2 Å². The van der Waals surface area contributed by atoms with E-state index in [0.717, 1.165) is 0 Å². The molecule has 8 nitrogen and oxygen atoms in total. The molecule has 132 valence electrons. The van der Waals surface area contributed by atoms with Crippen LogP contribution in [0.3, 0.4) is 0 Å². The Morgan fingerprint density at radius 1 is 1.09 bits per heavy atom. The molecule has 1 rings (SSSR count). The standard InChI is InChI=1S/C15H25NO7/c1-15(2,3)23-14(20)16-11-9(13(19)22-5)6-8(10(11)7-17)12(18)21-4/h8-11,17H,6-7H2,1-5H3,(H,16,20)/t8-,9+,10+,11-/m1/s1. The van der Waals surface area contributed by atoms with Gasteiger partial charge in [-0.3, -0.25) is 9.59 Å². The molecule has 0 aromatic carbocycles. The van der Waals surface area contributed by atoms with Gasteiger partial charge in [0.15, 0.2) is 0 Å². The van der Waals surface area contributed by atoms with Gasteiger partial charge in [-0.05, 0) is 27.2 Å². The molecule has 1 fully saturated rings. The Morgan fingerprint density at radius 3 is 2.04 bits per heavy atom. The fourth-order valence-corrected chi connectivity index (χ4v) is 2.85. The highest BCUT2D eigenvalue weighted by atomic mass is 16.6. The number of ether oxygens (including phenoxy) is 3. The average Bonchev–Trinajstić information content (AvgIpc) is 2.81. The van der Waals surface area contributed by atoms with E-state index in [9.17, 15) is 19.5 Å². The summed E-state index contributed by atoms with van der Waals surface area (Å²) in [6, 6.07) is -0.772. The minimum atomic E-state index is -0.772. The molecular weight excluding hydrogens is 306 g/mol. The summed E-state index contributed by atoms with van der Waals surface area (Å²) in [5, 5.41) is 12.2. The van der Waals surface area contributed by atoms with Crippen molar-refractivity contribution in [3.8, 4) is 0 Å². The number of amides is 1. The summed E-state index contributed by atoms with van der Waals surface area (Å²) in [6.45, 7) is 4.74. The quantitative estimate of drug-likeness (QED) is 0.569. The zero-order valence-corrected chi connectivity index (χ0v) is 14.1. The van der Waals surface area contributed by atoms with E-state index in [1.165, 1.54) is 14.2 Å². The van der Waals surface area contributed by atoms with E-state index in [1.807, 2.05) is 0 Å². The van der Waals surface area contributed by atoms with Crippen LogP contribution in [0.5, 0.6) is 0 Å². The van der Waals surface area contributed by atoms with Gasteiger partial charge in [0.05, 0.1) is 32.1 Å². The van der Waals surface area contributed by atoms with Crippen LogP contribution in [0.1, 0.15) is 27.2 Å². The van der Waals surface area contributed by atoms with Crippen molar-refractivity contribution in [3.05, 3.63) is 0 Å². The molecule has 1 saturated carbocycles. The third-order valence-electron chi connectivity index (χ3n) is 3.82. The highest BCUT2D eigenvalue weighted by Crippen LogP contribution is 2.38. The molecule has 0 saturated heterocycles. The van der Waals surface area contributed by atoms with Gasteiger partial charge in [-0.1, -0.05) is 0 Å². The van der Waals surface area contributed by atoms with Gasteiger partial charge in [0.2, 0.25) is 0 Å². The predicted octanol–water partition coefficient (Wildman–Crippen LogP) is 0.470. The van der Waals surface area contributed by atoms with Crippen LogP contribution in [-0.2, 0) is 23.8 Å². The first-order valence-electron chi connectivity index (χ1n) is 7.40. The smallest absolute Gasteiger partial charge is 0.407 e. The van der Waals surface area contributed by atoms with Crippen molar-refractivity contribution in [2.45, 2.75) is 38.8 Å². The number of alkyl carbamates (subject to hydrolysis) is 1. The van der Waals surface area contributed by atoms with Crippen molar-refractivity contribution in [2.24, 2.45) is 17.8 Å². The molecule has 4 atom stereocenters. The Hall–Kier alpha value is -1.83. The number of aliphatic hydroxyl groups is 1. The third kappa shape index (κ3) is 4.82. The normalized spacial score (nSPS) is 27.2. The number of carbonyl (C=O) groups is 3. The Kier molecular flexibility index (Phi) is 6.37. The zero-order chi connectivity index (χ0) is 17.8. The largest absolute Gasteiger partial charge is 0.469 e. The molecule has 0 aromatic heterocycles. The van der Waals surface area contributed by atoms with Crippen LogP contribution >= 0.6 is 0 Å². The minimum absolute atomic E-state index is 0.130. The molecule has 0 aliphatic heterocycles. The van der Waals surface area contributed by atoms with E-state index in [0.29, 0.717) is 0 Å². The maximum atomic E-state index is 12.0. The predicted molar refractivity (Wildman–Crippen MR) is 79.4 cm³/mol. The maximum Gasteiger partial charge on any atom is 0.407 e. The molecule has 0 bridgehead atoms. The van der Waals surface area contributed by atoms with Gasteiger partial charge in [0.25, 0.3) is 0 Å². The summed E-state index contributed by atoms with van der Waals surface area (Å²) in [4.78, 5) is 35.8. The fraction of sp³-hybridized carbons (Fsp3) is 0.800. The molecule has 0 heterocycles. The molecule has 1 aliphatic rings. The number of rotatable bonds is 4. The SMILES string of the molecule is COC(=O)[C@H]1C[C@@H](C(=O)OC)[C@H](CO)[C@@H]1NC(=O)OC(C)(C)C.